The fourth-order valence-electron chi connectivity index (χ4n) is 8.18. The van der Waals surface area contributed by atoms with Gasteiger partial charge in [-0.05, 0) is 82.1 Å². The van der Waals surface area contributed by atoms with E-state index >= 15 is 0 Å². The summed E-state index contributed by atoms with van der Waals surface area (Å²) >= 11 is 0. The number of benzene rings is 9. The van der Waals surface area contributed by atoms with Gasteiger partial charge in [0.15, 0.2) is 17.5 Å². The van der Waals surface area contributed by atoms with Crippen LogP contribution in [0.3, 0.4) is 0 Å². The van der Waals surface area contributed by atoms with Gasteiger partial charge < -0.3 is 9.32 Å². The molecule has 0 spiro atoms. The zero-order chi connectivity index (χ0) is 39.8. The van der Waals surface area contributed by atoms with Crippen molar-refractivity contribution in [1.82, 2.24) is 15.0 Å². The minimum Gasteiger partial charge on any atom is -0.455 e. The second-order valence-corrected chi connectivity index (χ2v) is 14.8. The minimum atomic E-state index is 0.588. The van der Waals surface area contributed by atoms with Crippen LogP contribution in [0.2, 0.25) is 0 Å². The molecule has 0 saturated heterocycles. The topological polar surface area (TPSA) is 55.1 Å². The Bertz CT molecular complexity index is 3250. The maximum Gasteiger partial charge on any atom is 0.164 e. The average molecular weight is 769 g/mol. The van der Waals surface area contributed by atoms with Crippen molar-refractivity contribution in [3.05, 3.63) is 218 Å². The molecule has 9 aromatic carbocycles. The number of hydrogen-bond acceptors (Lipinski definition) is 5. The number of aromatic nitrogens is 3. The largest absolute Gasteiger partial charge is 0.455 e. The maximum absolute atomic E-state index is 6.76. The molecule has 0 aliphatic rings. The lowest BCUT2D eigenvalue weighted by atomic mass is 9.97. The van der Waals surface area contributed by atoms with Gasteiger partial charge in [-0.25, -0.2) is 15.0 Å². The summed E-state index contributed by atoms with van der Waals surface area (Å²) in [5, 5.41) is 4.36. The smallest absolute Gasteiger partial charge is 0.164 e. The summed E-state index contributed by atoms with van der Waals surface area (Å²) in [6, 6.07) is 75.9. The van der Waals surface area contributed by atoms with Crippen LogP contribution >= 0.6 is 0 Å². The third-order valence-corrected chi connectivity index (χ3v) is 11.1. The Morgan fingerprint density at radius 2 is 0.883 bits per heavy atom. The van der Waals surface area contributed by atoms with Crippen molar-refractivity contribution in [3.63, 3.8) is 0 Å². The molecule has 2 aromatic heterocycles. The predicted molar refractivity (Wildman–Crippen MR) is 246 cm³/mol. The minimum absolute atomic E-state index is 0.588. The molecule has 0 N–H and O–H groups in total. The van der Waals surface area contributed by atoms with Crippen molar-refractivity contribution in [2.75, 3.05) is 4.90 Å². The van der Waals surface area contributed by atoms with Gasteiger partial charge in [0.05, 0.1) is 0 Å². The molecule has 5 heteroatoms. The average Bonchev–Trinajstić information content (AvgIpc) is 3.72. The molecule has 0 bridgehead atoms. The highest BCUT2D eigenvalue weighted by Crippen LogP contribution is 2.43. The van der Waals surface area contributed by atoms with E-state index in [9.17, 15) is 0 Å². The lowest BCUT2D eigenvalue weighted by molar-refractivity contribution is 0.670. The summed E-state index contributed by atoms with van der Waals surface area (Å²) in [5.74, 6) is 1.82. The molecule has 11 rings (SSSR count). The quantitative estimate of drug-likeness (QED) is 0.154. The lowest BCUT2D eigenvalue weighted by Crippen LogP contribution is -2.10. The van der Waals surface area contributed by atoms with Crippen molar-refractivity contribution in [1.29, 1.82) is 0 Å². The monoisotopic (exact) mass is 768 g/mol. The summed E-state index contributed by atoms with van der Waals surface area (Å²) in [4.78, 5) is 17.5. The Balaban J connectivity index is 1.05. The van der Waals surface area contributed by atoms with Crippen LogP contribution in [0.4, 0.5) is 17.1 Å². The SMILES string of the molecule is c1ccc(-c2cccc(N(c3ccc(-c4ccc(-c5nc(-c6ccccc6)nc(-c6ccccc6)n5)c5c4oc4ccccc45)cc3)c3ccc4ccccc4c3)c2)cc1. The lowest BCUT2D eigenvalue weighted by Gasteiger charge is -2.26. The second-order valence-electron chi connectivity index (χ2n) is 14.8. The van der Waals surface area contributed by atoms with Gasteiger partial charge >= 0.3 is 0 Å². The van der Waals surface area contributed by atoms with Gasteiger partial charge in [-0.15, -0.1) is 0 Å². The van der Waals surface area contributed by atoms with Crippen LogP contribution in [-0.2, 0) is 0 Å². The van der Waals surface area contributed by atoms with Crippen LogP contribution in [-0.4, -0.2) is 15.0 Å². The molecule has 11 aromatic rings. The molecule has 0 aliphatic heterocycles. The van der Waals surface area contributed by atoms with Gasteiger partial charge in [0.25, 0.3) is 0 Å². The summed E-state index contributed by atoms with van der Waals surface area (Å²) in [6.45, 7) is 0. The third kappa shape index (κ3) is 6.45. The number of rotatable bonds is 8. The van der Waals surface area contributed by atoms with Gasteiger partial charge in [0, 0.05) is 50.1 Å². The first kappa shape index (κ1) is 35.0. The first-order valence-corrected chi connectivity index (χ1v) is 20.1. The van der Waals surface area contributed by atoms with E-state index in [0.29, 0.717) is 17.5 Å². The Morgan fingerprint density at radius 1 is 0.333 bits per heavy atom. The van der Waals surface area contributed by atoms with Crippen LogP contribution in [0.25, 0.3) is 89.1 Å². The summed E-state index contributed by atoms with van der Waals surface area (Å²) < 4.78 is 6.76. The van der Waals surface area contributed by atoms with Gasteiger partial charge in [-0.1, -0.05) is 164 Å². The third-order valence-electron chi connectivity index (χ3n) is 11.1. The van der Waals surface area contributed by atoms with Crippen LogP contribution < -0.4 is 4.90 Å². The van der Waals surface area contributed by atoms with E-state index in [1.165, 1.54) is 16.3 Å². The molecule has 2 heterocycles. The fraction of sp³-hybridized carbons (Fsp3) is 0. The predicted octanol–water partition coefficient (Wildman–Crippen LogP) is 14.7. The van der Waals surface area contributed by atoms with E-state index in [4.69, 9.17) is 19.4 Å². The van der Waals surface area contributed by atoms with E-state index in [-0.39, 0.29) is 0 Å². The van der Waals surface area contributed by atoms with E-state index < -0.39 is 0 Å². The zero-order valence-electron chi connectivity index (χ0n) is 32.5. The van der Waals surface area contributed by atoms with E-state index in [0.717, 1.165) is 72.4 Å². The molecule has 0 fully saturated rings. The normalized spacial score (nSPS) is 11.3. The van der Waals surface area contributed by atoms with Crippen molar-refractivity contribution in [2.45, 2.75) is 0 Å². The van der Waals surface area contributed by atoms with Crippen LogP contribution in [0, 0.1) is 0 Å². The second kappa shape index (κ2) is 15.0. The van der Waals surface area contributed by atoms with E-state index in [2.05, 4.69) is 150 Å². The number of anilines is 3. The number of fused-ring (bicyclic) bond motifs is 4. The molecule has 5 nitrogen and oxygen atoms in total. The fourth-order valence-corrected chi connectivity index (χ4v) is 8.18. The summed E-state index contributed by atoms with van der Waals surface area (Å²) in [5.41, 5.74) is 11.9. The molecular formula is C55H36N4O. The standard InChI is InChI=1S/C55H36N4O/c1-4-15-37(16-5-1)43-23-14-24-45(35-43)59(46-32-27-38-17-10-11-22-42(38)36-46)44-30-28-39(29-31-44)47-33-34-49(51-48-25-12-13-26-50(48)60-52(47)51)55-57-53(40-18-6-2-7-19-40)56-54(58-55)41-20-8-3-9-21-41/h1-36H. The molecule has 0 radical (unpaired) electrons. The van der Waals surface area contributed by atoms with Crippen LogP contribution in [0.1, 0.15) is 0 Å². The van der Waals surface area contributed by atoms with Crippen molar-refractivity contribution >= 4 is 49.8 Å². The van der Waals surface area contributed by atoms with Gasteiger partial charge in [-0.3, -0.25) is 0 Å². The number of furan rings is 1. The zero-order valence-corrected chi connectivity index (χ0v) is 32.5. The molecule has 0 saturated carbocycles. The Hall–Kier alpha value is -8.15. The van der Waals surface area contributed by atoms with Crippen LogP contribution in [0.15, 0.2) is 223 Å². The molecule has 282 valence electrons. The Morgan fingerprint density at radius 3 is 1.60 bits per heavy atom. The Kier molecular flexibility index (Phi) is 8.75. The van der Waals surface area contributed by atoms with E-state index in [1.54, 1.807) is 0 Å². The number of para-hydroxylation sites is 1. The van der Waals surface area contributed by atoms with Gasteiger partial charge in [0.2, 0.25) is 0 Å². The first-order valence-electron chi connectivity index (χ1n) is 20.1. The maximum atomic E-state index is 6.76. The molecule has 60 heavy (non-hydrogen) atoms. The molecule has 0 aliphatic carbocycles. The molecule has 0 unspecified atom stereocenters. The Labute approximate surface area is 347 Å². The summed E-state index contributed by atoms with van der Waals surface area (Å²) in [6.07, 6.45) is 0. The van der Waals surface area contributed by atoms with E-state index in [1.807, 2.05) is 72.8 Å². The van der Waals surface area contributed by atoms with Crippen molar-refractivity contribution in [3.8, 4) is 56.4 Å². The van der Waals surface area contributed by atoms with Crippen molar-refractivity contribution in [2.24, 2.45) is 0 Å². The summed E-state index contributed by atoms with van der Waals surface area (Å²) in [7, 11) is 0. The highest BCUT2D eigenvalue weighted by Gasteiger charge is 2.21. The van der Waals surface area contributed by atoms with Gasteiger partial charge in [-0.2, -0.15) is 0 Å². The van der Waals surface area contributed by atoms with Crippen molar-refractivity contribution < 1.29 is 4.42 Å². The first-order chi connectivity index (χ1) is 29.7. The van der Waals surface area contributed by atoms with Crippen LogP contribution in [0.5, 0.6) is 0 Å². The number of hydrogen-bond donors (Lipinski definition) is 0. The molecule has 0 atom stereocenters. The highest BCUT2D eigenvalue weighted by molar-refractivity contribution is 6.15. The van der Waals surface area contributed by atoms with Gasteiger partial charge in [0.1, 0.15) is 11.2 Å². The molecule has 0 amide bonds. The molecular weight excluding hydrogens is 733 g/mol. The highest BCUT2D eigenvalue weighted by atomic mass is 16.3. The number of nitrogens with zero attached hydrogens (tertiary/aromatic N) is 4.